The Morgan fingerprint density at radius 1 is 1.06 bits per heavy atom. The molecule has 0 saturated carbocycles. The number of carbonyl (C=O) groups excluding carboxylic acids is 1. The normalized spacial score (nSPS) is 10.4. The summed E-state index contributed by atoms with van der Waals surface area (Å²) in [5.41, 5.74) is 1.71. The van der Waals surface area contributed by atoms with Gasteiger partial charge in [-0.25, -0.2) is 9.78 Å². The van der Waals surface area contributed by atoms with Crippen LogP contribution in [0.15, 0.2) is 77.7 Å². The molecule has 31 heavy (non-hydrogen) atoms. The summed E-state index contributed by atoms with van der Waals surface area (Å²) in [4.78, 5) is 29.3. The number of aromatic nitrogens is 2. The van der Waals surface area contributed by atoms with E-state index in [-0.39, 0.29) is 29.1 Å². The van der Waals surface area contributed by atoms with Crippen LogP contribution in [0.1, 0.15) is 27.2 Å². The molecule has 0 spiro atoms. The van der Waals surface area contributed by atoms with Crippen LogP contribution in [-0.2, 0) is 11.3 Å². The largest absolute Gasteiger partial charge is 0.505 e. The summed E-state index contributed by atoms with van der Waals surface area (Å²) in [6, 6.07) is 20.2. The zero-order chi connectivity index (χ0) is 21.8. The molecule has 0 radical (unpaired) electrons. The first-order valence-corrected chi connectivity index (χ1v) is 9.53. The number of esters is 1. The number of nitrogens with zero attached hydrogens (tertiary/aromatic N) is 2. The average Bonchev–Trinajstić information content (AvgIpc) is 2.81. The molecule has 2 aromatic heterocycles. The summed E-state index contributed by atoms with van der Waals surface area (Å²) < 4.78 is 6.19. The van der Waals surface area contributed by atoms with Crippen LogP contribution in [0.4, 0.5) is 0 Å². The molecule has 4 aromatic rings. The average molecular weight is 410 g/mol. The van der Waals surface area contributed by atoms with Crippen LogP contribution in [0.5, 0.6) is 5.75 Å². The van der Waals surface area contributed by atoms with E-state index in [1.165, 1.54) is 23.9 Å². The van der Waals surface area contributed by atoms with E-state index in [4.69, 9.17) is 4.74 Å². The Bertz CT molecular complexity index is 1380. The van der Waals surface area contributed by atoms with Crippen LogP contribution in [0.2, 0.25) is 0 Å². The van der Waals surface area contributed by atoms with Crippen LogP contribution in [-0.4, -0.2) is 27.7 Å². The Balaban J connectivity index is 1.96. The fourth-order valence-corrected chi connectivity index (χ4v) is 3.24. The molecule has 0 fully saturated rings. The highest BCUT2D eigenvalue weighted by molar-refractivity contribution is 5.98. The molecule has 0 saturated heterocycles. The van der Waals surface area contributed by atoms with Gasteiger partial charge < -0.3 is 14.4 Å². The van der Waals surface area contributed by atoms with Crippen LogP contribution in [0.25, 0.3) is 10.9 Å². The van der Waals surface area contributed by atoms with Gasteiger partial charge in [-0.1, -0.05) is 60.4 Å². The van der Waals surface area contributed by atoms with Gasteiger partial charge in [0.2, 0.25) is 0 Å². The number of aromatic hydroxyl groups is 1. The molecule has 0 amide bonds. The first kappa shape index (κ1) is 19.9. The maximum atomic E-state index is 13.3. The maximum Gasteiger partial charge on any atom is 0.360 e. The van der Waals surface area contributed by atoms with Gasteiger partial charge in [0.25, 0.3) is 5.56 Å². The highest BCUT2D eigenvalue weighted by atomic mass is 16.5. The zero-order valence-corrected chi connectivity index (χ0v) is 16.7. The summed E-state index contributed by atoms with van der Waals surface area (Å²) in [6.45, 7) is 0.260. The van der Waals surface area contributed by atoms with Crippen molar-refractivity contribution in [1.82, 2.24) is 9.55 Å². The summed E-state index contributed by atoms with van der Waals surface area (Å²) in [6.07, 6.45) is 1.39. The van der Waals surface area contributed by atoms with Crippen LogP contribution in [0, 0.1) is 11.8 Å². The molecule has 152 valence electrons. The molecule has 0 aliphatic rings. The molecule has 0 bridgehead atoms. The first-order valence-electron chi connectivity index (χ1n) is 9.53. The smallest absolute Gasteiger partial charge is 0.360 e. The Labute approximate surface area is 178 Å². The lowest BCUT2D eigenvalue weighted by molar-refractivity contribution is 0.0591. The van der Waals surface area contributed by atoms with Crippen molar-refractivity contribution in [3.63, 3.8) is 0 Å². The zero-order valence-electron chi connectivity index (χ0n) is 16.7. The second kappa shape index (κ2) is 8.56. The number of hydrogen-bond acceptors (Lipinski definition) is 5. The van der Waals surface area contributed by atoms with E-state index in [1.807, 2.05) is 60.7 Å². The van der Waals surface area contributed by atoms with E-state index in [0.717, 1.165) is 11.1 Å². The lowest BCUT2D eigenvalue weighted by Crippen LogP contribution is -2.24. The minimum absolute atomic E-state index is 0.199. The molecule has 6 nitrogen and oxygen atoms in total. The molecule has 6 heteroatoms. The van der Waals surface area contributed by atoms with Crippen LogP contribution >= 0.6 is 0 Å². The Morgan fingerprint density at radius 2 is 1.74 bits per heavy atom. The highest BCUT2D eigenvalue weighted by Crippen LogP contribution is 2.27. The van der Waals surface area contributed by atoms with Gasteiger partial charge in [0.15, 0.2) is 11.4 Å². The predicted molar refractivity (Wildman–Crippen MR) is 117 cm³/mol. The number of hydrogen-bond donors (Lipinski definition) is 1. The molecule has 2 heterocycles. The molecule has 0 aliphatic carbocycles. The van der Waals surface area contributed by atoms with Gasteiger partial charge in [0.05, 0.1) is 30.9 Å². The quantitative estimate of drug-likeness (QED) is 0.414. The second-order valence-corrected chi connectivity index (χ2v) is 6.80. The van der Waals surface area contributed by atoms with Crippen LogP contribution in [0.3, 0.4) is 0 Å². The Kier molecular flexibility index (Phi) is 5.50. The number of rotatable bonds is 3. The Hall–Kier alpha value is -4.37. The van der Waals surface area contributed by atoms with Crippen LogP contribution < -0.4 is 5.56 Å². The van der Waals surface area contributed by atoms with Crippen molar-refractivity contribution in [3.8, 4) is 17.6 Å². The summed E-state index contributed by atoms with van der Waals surface area (Å²) in [7, 11) is 1.21. The summed E-state index contributed by atoms with van der Waals surface area (Å²) in [5, 5.41) is 11.0. The minimum atomic E-state index is -0.767. The second-order valence-electron chi connectivity index (χ2n) is 6.80. The molecule has 1 N–H and O–H groups in total. The van der Waals surface area contributed by atoms with Crippen molar-refractivity contribution >= 4 is 16.9 Å². The number of fused-ring (bicyclic) bond motifs is 1. The molecule has 0 atom stereocenters. The third-order valence-electron chi connectivity index (χ3n) is 4.80. The van der Waals surface area contributed by atoms with E-state index >= 15 is 0 Å². The number of methoxy groups -OCH3 is 1. The van der Waals surface area contributed by atoms with Crippen molar-refractivity contribution in [1.29, 1.82) is 0 Å². The molecule has 2 aromatic carbocycles. The van der Waals surface area contributed by atoms with Crippen molar-refractivity contribution in [2.75, 3.05) is 7.11 Å². The SMILES string of the molecule is COC(=O)c1ncc2c(cc(C#Cc3ccccc3)c(=O)n2Cc2ccccc2)c1O. The number of benzene rings is 2. The number of ether oxygens (including phenoxy) is 1. The van der Waals surface area contributed by atoms with E-state index in [0.29, 0.717) is 10.9 Å². The van der Waals surface area contributed by atoms with Crippen molar-refractivity contribution < 1.29 is 14.6 Å². The fourth-order valence-electron chi connectivity index (χ4n) is 3.24. The van der Waals surface area contributed by atoms with E-state index in [1.54, 1.807) is 0 Å². The van der Waals surface area contributed by atoms with Gasteiger partial charge in [-0.05, 0) is 23.8 Å². The fraction of sp³-hybridized carbons (Fsp3) is 0.0800. The predicted octanol–water partition coefficient (Wildman–Crippen LogP) is 3.34. The monoisotopic (exact) mass is 410 g/mol. The number of carbonyl (C=O) groups is 1. The summed E-state index contributed by atoms with van der Waals surface area (Å²) in [5.74, 6) is 4.76. The van der Waals surface area contributed by atoms with Gasteiger partial charge in [-0.15, -0.1) is 0 Å². The van der Waals surface area contributed by atoms with Gasteiger partial charge >= 0.3 is 5.97 Å². The van der Waals surface area contributed by atoms with Gasteiger partial charge in [-0.3, -0.25) is 4.79 Å². The highest BCUT2D eigenvalue weighted by Gasteiger charge is 2.19. The van der Waals surface area contributed by atoms with E-state index < -0.39 is 5.97 Å². The molecular weight excluding hydrogens is 392 g/mol. The lowest BCUT2D eigenvalue weighted by atomic mass is 10.1. The standard InChI is InChI=1S/C25H18N2O4/c1-31-25(30)22-23(28)20-14-19(13-12-17-8-4-2-5-9-17)24(29)27(21(20)15-26-22)16-18-10-6-3-7-11-18/h2-11,14-15,28H,16H2,1H3. The third-order valence-corrected chi connectivity index (χ3v) is 4.80. The molecule has 4 rings (SSSR count). The third kappa shape index (κ3) is 4.02. The Morgan fingerprint density at radius 3 is 2.42 bits per heavy atom. The molecular formula is C25H18N2O4. The van der Waals surface area contributed by atoms with Crippen molar-refractivity contribution in [2.24, 2.45) is 0 Å². The van der Waals surface area contributed by atoms with Crippen molar-refractivity contribution in [2.45, 2.75) is 6.54 Å². The number of pyridine rings is 2. The maximum absolute atomic E-state index is 13.3. The van der Waals surface area contributed by atoms with Gasteiger partial charge in [0, 0.05) is 10.9 Å². The topological polar surface area (TPSA) is 81.4 Å². The van der Waals surface area contributed by atoms with Gasteiger partial charge in [0.1, 0.15) is 0 Å². The van der Waals surface area contributed by atoms with Crippen molar-refractivity contribution in [3.05, 3.63) is 106 Å². The van der Waals surface area contributed by atoms with E-state index in [9.17, 15) is 14.7 Å². The molecule has 0 unspecified atom stereocenters. The summed E-state index contributed by atoms with van der Waals surface area (Å²) >= 11 is 0. The van der Waals surface area contributed by atoms with Gasteiger partial charge in [-0.2, -0.15) is 0 Å². The lowest BCUT2D eigenvalue weighted by Gasteiger charge is -2.13. The van der Waals surface area contributed by atoms with E-state index in [2.05, 4.69) is 16.8 Å². The molecule has 0 aliphatic heterocycles. The first-order chi connectivity index (χ1) is 15.1. The minimum Gasteiger partial charge on any atom is -0.505 e.